The summed E-state index contributed by atoms with van der Waals surface area (Å²) >= 11 is 0. The van der Waals surface area contributed by atoms with Gasteiger partial charge in [0, 0.05) is 70.2 Å². The van der Waals surface area contributed by atoms with E-state index in [2.05, 4.69) is 15.3 Å². The molecule has 1 aromatic heterocycles. The van der Waals surface area contributed by atoms with Crippen LogP contribution in [-0.4, -0.2) is 70.8 Å². The van der Waals surface area contributed by atoms with E-state index in [1.54, 1.807) is 18.0 Å². The van der Waals surface area contributed by atoms with E-state index in [1.165, 1.54) is 23.7 Å². The average Bonchev–Trinajstić information content (AvgIpc) is 3.43. The van der Waals surface area contributed by atoms with Gasteiger partial charge in [-0.15, -0.1) is 5.10 Å². The van der Waals surface area contributed by atoms with Crippen LogP contribution in [-0.2, 0) is 17.5 Å². The molecule has 3 heterocycles. The molecule has 8 nitrogen and oxygen atoms in total. The van der Waals surface area contributed by atoms with Crippen molar-refractivity contribution < 1.29 is 22.8 Å². The number of halogens is 3. The Balaban J connectivity index is 1.40. The number of hydrogen-bond donors (Lipinski definition) is 1. The summed E-state index contributed by atoms with van der Waals surface area (Å²) in [4.78, 5) is 29.8. The largest absolute Gasteiger partial charge is 0.416 e. The highest BCUT2D eigenvalue weighted by Crippen LogP contribution is 2.34. The number of amides is 2. The van der Waals surface area contributed by atoms with Crippen molar-refractivity contribution in [2.75, 3.05) is 49.5 Å². The van der Waals surface area contributed by atoms with E-state index in [-0.39, 0.29) is 11.9 Å². The minimum Gasteiger partial charge on any atom is -0.372 e. The Bertz CT molecular complexity index is 1050. The number of nitrogens with one attached hydrogen (secondary N) is 1. The third kappa shape index (κ3) is 5.52. The Morgan fingerprint density at radius 1 is 1.03 bits per heavy atom. The first kappa shape index (κ1) is 24.1. The average molecular weight is 479 g/mol. The summed E-state index contributed by atoms with van der Waals surface area (Å²) < 4.78 is 41.7. The lowest BCUT2D eigenvalue weighted by atomic mass is 10.1. The summed E-state index contributed by atoms with van der Waals surface area (Å²) in [5.74, 6) is 0.0785. The van der Waals surface area contributed by atoms with Gasteiger partial charge in [-0.3, -0.25) is 9.69 Å². The summed E-state index contributed by atoms with van der Waals surface area (Å²) in [5, 5.41) is 6.75. The van der Waals surface area contributed by atoms with Gasteiger partial charge < -0.3 is 15.1 Å². The highest BCUT2D eigenvalue weighted by atomic mass is 19.4. The van der Waals surface area contributed by atoms with Crippen LogP contribution in [0.2, 0.25) is 0 Å². The molecule has 11 heteroatoms. The number of carbonyl (C=O) groups is 2. The van der Waals surface area contributed by atoms with Gasteiger partial charge in [0.05, 0.1) is 5.56 Å². The molecule has 2 aliphatic rings. The molecule has 2 aliphatic heterocycles. The Morgan fingerprint density at radius 3 is 2.32 bits per heavy atom. The fraction of sp³-hybridized carbons (Fsp3) is 0.522. The van der Waals surface area contributed by atoms with E-state index < -0.39 is 11.7 Å². The molecule has 0 aliphatic carbocycles. The van der Waals surface area contributed by atoms with Crippen molar-refractivity contribution in [3.05, 3.63) is 41.1 Å². The number of carbonyl (C=O) groups excluding carboxylic acids is 2. The van der Waals surface area contributed by atoms with E-state index in [1.807, 2.05) is 11.0 Å². The first-order valence-electron chi connectivity index (χ1n) is 11.4. The monoisotopic (exact) mass is 478 g/mol. The lowest BCUT2D eigenvalue weighted by molar-refractivity contribution is -0.137. The van der Waals surface area contributed by atoms with E-state index in [0.717, 1.165) is 25.9 Å². The second-order valence-corrected chi connectivity index (χ2v) is 8.91. The minimum absolute atomic E-state index is 0.267. The van der Waals surface area contributed by atoms with Crippen LogP contribution in [0, 0.1) is 6.92 Å². The fourth-order valence-electron chi connectivity index (χ4n) is 4.44. The van der Waals surface area contributed by atoms with Crippen molar-refractivity contribution in [2.45, 2.75) is 39.4 Å². The number of aryl methyl sites for hydroxylation is 1. The topological polar surface area (TPSA) is 73.7 Å². The van der Waals surface area contributed by atoms with Gasteiger partial charge in [-0.2, -0.15) is 17.9 Å². The quantitative estimate of drug-likeness (QED) is 0.728. The van der Waals surface area contributed by atoms with Gasteiger partial charge in [-0.1, -0.05) is 0 Å². The molecule has 2 amide bonds. The molecule has 2 aromatic rings. The summed E-state index contributed by atoms with van der Waals surface area (Å²) in [6.45, 7) is 7.02. The number of nitrogens with zero attached hydrogens (tertiary/aromatic N) is 5. The molecule has 1 aromatic carbocycles. The number of hydrogen-bond acceptors (Lipinski definition) is 5. The molecule has 34 heavy (non-hydrogen) atoms. The molecule has 2 saturated heterocycles. The van der Waals surface area contributed by atoms with Crippen molar-refractivity contribution in [2.24, 2.45) is 0 Å². The van der Waals surface area contributed by atoms with Gasteiger partial charge in [-0.25, -0.2) is 4.79 Å². The summed E-state index contributed by atoms with van der Waals surface area (Å²) in [7, 11) is 0. The van der Waals surface area contributed by atoms with Crippen LogP contribution in [0.1, 0.15) is 36.5 Å². The van der Waals surface area contributed by atoms with E-state index in [4.69, 9.17) is 0 Å². The highest BCUT2D eigenvalue weighted by Gasteiger charge is 2.32. The summed E-state index contributed by atoms with van der Waals surface area (Å²) in [6.07, 6.45) is -0.844. The lowest BCUT2D eigenvalue weighted by Crippen LogP contribution is -2.49. The smallest absolute Gasteiger partial charge is 0.372 e. The molecule has 0 bridgehead atoms. The fourth-order valence-corrected chi connectivity index (χ4v) is 4.44. The zero-order valence-corrected chi connectivity index (χ0v) is 19.4. The van der Waals surface area contributed by atoms with Crippen LogP contribution in [0.15, 0.2) is 24.4 Å². The standard InChI is InChI=1S/C23H29F3N6O2/c1-16-14-32(28-21(16)27-17(2)33)22(34)31-9-7-29(8-10-31)15-18-11-19(23(24,25)26)13-20(12-18)30-5-3-4-6-30/h11-14H,3-10,15H2,1-2H3,(H,27,28,33). The normalized spacial score (nSPS) is 17.3. The zero-order chi connectivity index (χ0) is 24.5. The van der Waals surface area contributed by atoms with Gasteiger partial charge in [0.25, 0.3) is 0 Å². The molecule has 0 radical (unpaired) electrons. The van der Waals surface area contributed by atoms with Crippen molar-refractivity contribution in [1.29, 1.82) is 0 Å². The molecule has 0 atom stereocenters. The Hall–Kier alpha value is -3.08. The predicted octanol–water partition coefficient (Wildman–Crippen LogP) is 3.55. The van der Waals surface area contributed by atoms with Gasteiger partial charge in [0.1, 0.15) is 0 Å². The molecule has 1 N–H and O–H groups in total. The first-order valence-corrected chi connectivity index (χ1v) is 11.4. The van der Waals surface area contributed by atoms with Gasteiger partial charge >= 0.3 is 12.2 Å². The van der Waals surface area contributed by atoms with Gasteiger partial charge in [-0.05, 0) is 43.5 Å². The number of anilines is 2. The molecule has 0 unspecified atom stereocenters. The Kier molecular flexibility index (Phi) is 6.83. The van der Waals surface area contributed by atoms with E-state index >= 15 is 0 Å². The van der Waals surface area contributed by atoms with Crippen molar-refractivity contribution in [3.63, 3.8) is 0 Å². The molecule has 2 fully saturated rings. The molecule has 184 valence electrons. The molecular weight excluding hydrogens is 449 g/mol. The minimum atomic E-state index is -4.40. The molecule has 4 rings (SSSR count). The highest BCUT2D eigenvalue weighted by molar-refractivity contribution is 5.88. The second kappa shape index (κ2) is 9.65. The number of alkyl halides is 3. The zero-order valence-electron chi connectivity index (χ0n) is 19.4. The van der Waals surface area contributed by atoms with Crippen molar-refractivity contribution in [3.8, 4) is 0 Å². The summed E-state index contributed by atoms with van der Waals surface area (Å²) in [6, 6.07) is 4.03. The Morgan fingerprint density at radius 2 is 1.71 bits per heavy atom. The van der Waals surface area contributed by atoms with Crippen molar-refractivity contribution in [1.82, 2.24) is 19.6 Å². The van der Waals surface area contributed by atoms with E-state index in [9.17, 15) is 22.8 Å². The number of rotatable bonds is 4. The molecule has 0 saturated carbocycles. The van der Waals surface area contributed by atoms with Crippen LogP contribution in [0.3, 0.4) is 0 Å². The maximum absolute atomic E-state index is 13.5. The summed E-state index contributed by atoms with van der Waals surface area (Å²) in [5.41, 5.74) is 1.31. The molecular formula is C23H29F3N6O2. The van der Waals surface area contributed by atoms with Crippen LogP contribution < -0.4 is 10.2 Å². The maximum Gasteiger partial charge on any atom is 0.416 e. The van der Waals surface area contributed by atoms with Gasteiger partial charge in [0.2, 0.25) is 5.91 Å². The second-order valence-electron chi connectivity index (χ2n) is 8.91. The first-order chi connectivity index (χ1) is 16.1. The third-order valence-corrected chi connectivity index (χ3v) is 6.21. The number of aromatic nitrogens is 2. The predicted molar refractivity (Wildman–Crippen MR) is 122 cm³/mol. The SMILES string of the molecule is CC(=O)Nc1nn(C(=O)N2CCN(Cc3cc(N4CCCC4)cc(C(F)(F)F)c3)CC2)cc1C. The molecule has 0 spiro atoms. The van der Waals surface area contributed by atoms with Crippen LogP contribution in [0.25, 0.3) is 0 Å². The third-order valence-electron chi connectivity index (χ3n) is 6.21. The van der Waals surface area contributed by atoms with Crippen LogP contribution >= 0.6 is 0 Å². The lowest BCUT2D eigenvalue weighted by Gasteiger charge is -2.34. The van der Waals surface area contributed by atoms with Gasteiger partial charge in [0.15, 0.2) is 5.82 Å². The van der Waals surface area contributed by atoms with E-state index in [0.29, 0.717) is 55.4 Å². The van der Waals surface area contributed by atoms with Crippen LogP contribution in [0.4, 0.5) is 29.5 Å². The number of benzene rings is 1. The van der Waals surface area contributed by atoms with Crippen molar-refractivity contribution >= 4 is 23.4 Å². The maximum atomic E-state index is 13.5. The number of piperazine rings is 1. The Labute approximate surface area is 196 Å². The van der Waals surface area contributed by atoms with Crippen LogP contribution in [0.5, 0.6) is 0 Å².